The molecule has 0 aliphatic heterocycles. The van der Waals surface area contributed by atoms with E-state index < -0.39 is 0 Å². The van der Waals surface area contributed by atoms with E-state index in [1.54, 1.807) is 25.3 Å². The molecule has 0 aliphatic rings. The van der Waals surface area contributed by atoms with Crippen molar-refractivity contribution < 1.29 is 19.1 Å². The van der Waals surface area contributed by atoms with E-state index in [-0.39, 0.29) is 11.6 Å². The third-order valence-corrected chi connectivity index (χ3v) is 4.33. The van der Waals surface area contributed by atoms with Gasteiger partial charge in [0.15, 0.2) is 17.2 Å². The highest BCUT2D eigenvalue weighted by Gasteiger charge is 2.15. The number of nitrogens with zero attached hydrogens (tertiary/aromatic N) is 1. The number of rotatable bonds is 10. The number of nitrogens with one attached hydrogen (secondary N) is 1. The molecule has 1 amide bonds. The second-order valence-corrected chi connectivity index (χ2v) is 6.64. The molecule has 0 fully saturated rings. The zero-order chi connectivity index (χ0) is 20.4. The Hall–Kier alpha value is -2.80. The first-order valence-electron chi connectivity index (χ1n) is 8.65. The molecule has 0 heterocycles. The molecular weight excluding hydrogens is 424 g/mol. The lowest BCUT2D eigenvalue weighted by atomic mass is 10.1. The molecular formula is C21H23BrN2O4. The largest absolute Gasteiger partial charge is 0.493 e. The van der Waals surface area contributed by atoms with Gasteiger partial charge in [0.1, 0.15) is 13.7 Å². The van der Waals surface area contributed by atoms with Crippen molar-refractivity contribution >= 4 is 27.5 Å². The van der Waals surface area contributed by atoms with Gasteiger partial charge in [-0.25, -0.2) is 0 Å². The van der Waals surface area contributed by atoms with Gasteiger partial charge >= 0.3 is 0 Å². The summed E-state index contributed by atoms with van der Waals surface area (Å²) in [7, 11) is 3.00. The molecule has 1 N–H and O–H groups in total. The summed E-state index contributed by atoms with van der Waals surface area (Å²) in [5.41, 5.74) is 1.91. The molecule has 0 bridgehead atoms. The van der Waals surface area contributed by atoms with Crippen LogP contribution in [-0.4, -0.2) is 39.0 Å². The first-order valence-corrected chi connectivity index (χ1v) is 9.44. The van der Waals surface area contributed by atoms with Crippen molar-refractivity contribution in [1.82, 2.24) is 5.32 Å². The van der Waals surface area contributed by atoms with Gasteiger partial charge in [-0.1, -0.05) is 51.9 Å². The number of methoxy groups -OCH3 is 1. The maximum absolute atomic E-state index is 12.5. The van der Waals surface area contributed by atoms with E-state index in [2.05, 4.69) is 33.0 Å². The number of hydrogen-bond donors (Lipinski definition) is 1. The van der Waals surface area contributed by atoms with Crippen LogP contribution in [0.5, 0.6) is 11.5 Å². The van der Waals surface area contributed by atoms with Crippen molar-refractivity contribution in [3.63, 3.8) is 0 Å². The first kappa shape index (κ1) is 21.5. The lowest BCUT2D eigenvalue weighted by Crippen LogP contribution is -2.33. The minimum atomic E-state index is -0.304. The minimum absolute atomic E-state index is 0.223. The van der Waals surface area contributed by atoms with Crippen molar-refractivity contribution in [2.75, 3.05) is 27.4 Å². The van der Waals surface area contributed by atoms with Crippen molar-refractivity contribution in [3.05, 3.63) is 70.7 Å². The van der Waals surface area contributed by atoms with Gasteiger partial charge in [-0.05, 0) is 36.2 Å². The number of benzene rings is 2. The van der Waals surface area contributed by atoms with Gasteiger partial charge in [0.05, 0.1) is 7.11 Å². The Morgan fingerprint density at radius 2 is 1.93 bits per heavy atom. The van der Waals surface area contributed by atoms with Gasteiger partial charge in [-0.2, -0.15) is 0 Å². The summed E-state index contributed by atoms with van der Waals surface area (Å²) >= 11 is 3.37. The summed E-state index contributed by atoms with van der Waals surface area (Å²) in [4.78, 5) is 17.3. The van der Waals surface area contributed by atoms with Crippen LogP contribution in [0.1, 0.15) is 11.1 Å². The molecule has 0 aromatic heterocycles. The average Bonchev–Trinajstić information content (AvgIpc) is 2.71. The highest BCUT2D eigenvalue weighted by molar-refractivity contribution is 9.10. The Bertz CT molecular complexity index is 835. The van der Waals surface area contributed by atoms with E-state index in [9.17, 15) is 4.79 Å². The molecule has 6 nitrogen and oxygen atoms in total. The van der Waals surface area contributed by atoms with Crippen molar-refractivity contribution in [2.24, 2.45) is 5.16 Å². The monoisotopic (exact) mass is 446 g/mol. The van der Waals surface area contributed by atoms with Crippen LogP contribution in [0.2, 0.25) is 0 Å². The standard InChI is InChI=1S/C21H23BrN2O4/c1-4-13-28-18-10-5-15(14-19(18)26-2)11-12-23-21(25)20(24-27-3)16-6-8-17(22)9-7-16/h4-10,14H,1,11-13H2,2-3H3,(H,23,25)/b24-20-. The summed E-state index contributed by atoms with van der Waals surface area (Å²) in [5, 5.41) is 6.73. The topological polar surface area (TPSA) is 69.2 Å². The number of ether oxygens (including phenoxy) is 2. The van der Waals surface area contributed by atoms with Gasteiger partial charge in [0.25, 0.3) is 5.91 Å². The van der Waals surface area contributed by atoms with Crippen molar-refractivity contribution in [2.45, 2.75) is 6.42 Å². The maximum Gasteiger partial charge on any atom is 0.273 e. The lowest BCUT2D eigenvalue weighted by molar-refractivity contribution is -0.114. The summed E-state index contributed by atoms with van der Waals surface area (Å²) < 4.78 is 11.8. The molecule has 148 valence electrons. The van der Waals surface area contributed by atoms with E-state index >= 15 is 0 Å². The van der Waals surface area contributed by atoms with Crippen LogP contribution in [0.15, 0.2) is 64.7 Å². The third-order valence-electron chi connectivity index (χ3n) is 3.80. The SMILES string of the molecule is C=CCOc1ccc(CCNC(=O)/C(=N\OC)c2ccc(Br)cc2)cc1OC. The van der Waals surface area contributed by atoms with Gasteiger partial charge in [0.2, 0.25) is 0 Å². The molecule has 2 aromatic rings. The number of carbonyl (C=O) groups is 1. The van der Waals surface area contributed by atoms with E-state index in [1.807, 2.05) is 30.3 Å². The number of carbonyl (C=O) groups excluding carboxylic acids is 1. The summed E-state index contributed by atoms with van der Waals surface area (Å²) in [5.74, 6) is 0.990. The number of oxime groups is 1. The highest BCUT2D eigenvalue weighted by atomic mass is 79.9. The first-order chi connectivity index (χ1) is 13.6. The van der Waals surface area contributed by atoms with E-state index in [4.69, 9.17) is 14.3 Å². The fraction of sp³-hybridized carbons (Fsp3) is 0.238. The number of hydrogen-bond acceptors (Lipinski definition) is 5. The molecule has 0 saturated heterocycles. The van der Waals surface area contributed by atoms with Gasteiger partial charge in [0, 0.05) is 16.6 Å². The minimum Gasteiger partial charge on any atom is -0.493 e. The fourth-order valence-corrected chi connectivity index (χ4v) is 2.73. The quantitative estimate of drug-likeness (QED) is 0.343. The van der Waals surface area contributed by atoms with Crippen LogP contribution < -0.4 is 14.8 Å². The van der Waals surface area contributed by atoms with Crippen LogP contribution in [0.3, 0.4) is 0 Å². The predicted octanol–water partition coefficient (Wildman–Crippen LogP) is 3.73. The fourth-order valence-electron chi connectivity index (χ4n) is 2.46. The molecule has 28 heavy (non-hydrogen) atoms. The number of halogens is 1. The molecule has 0 unspecified atom stereocenters. The van der Waals surface area contributed by atoms with E-state index in [0.29, 0.717) is 36.6 Å². The van der Waals surface area contributed by atoms with Crippen LogP contribution in [-0.2, 0) is 16.1 Å². The van der Waals surface area contributed by atoms with E-state index in [0.717, 1.165) is 10.0 Å². The molecule has 2 aromatic carbocycles. The zero-order valence-electron chi connectivity index (χ0n) is 15.9. The summed E-state index contributed by atoms with van der Waals surface area (Å²) in [6.07, 6.45) is 2.30. The molecule has 0 spiro atoms. The van der Waals surface area contributed by atoms with Gasteiger partial charge in [-0.15, -0.1) is 0 Å². The number of amides is 1. The summed E-state index contributed by atoms with van der Waals surface area (Å²) in [6, 6.07) is 13.0. The molecule has 0 aliphatic carbocycles. The van der Waals surface area contributed by atoms with Crippen LogP contribution in [0, 0.1) is 0 Å². The zero-order valence-corrected chi connectivity index (χ0v) is 17.5. The second kappa shape index (κ2) is 11.1. The van der Waals surface area contributed by atoms with Gasteiger partial charge in [-0.3, -0.25) is 4.79 Å². The molecule has 2 rings (SSSR count). The smallest absolute Gasteiger partial charge is 0.273 e. The Morgan fingerprint density at radius 1 is 1.18 bits per heavy atom. The summed E-state index contributed by atoms with van der Waals surface area (Å²) in [6.45, 7) is 4.48. The van der Waals surface area contributed by atoms with Crippen LogP contribution in [0.25, 0.3) is 0 Å². The van der Waals surface area contributed by atoms with Crippen molar-refractivity contribution in [1.29, 1.82) is 0 Å². The Morgan fingerprint density at radius 3 is 2.57 bits per heavy atom. The lowest BCUT2D eigenvalue weighted by Gasteiger charge is -2.12. The average molecular weight is 447 g/mol. The maximum atomic E-state index is 12.5. The second-order valence-electron chi connectivity index (χ2n) is 5.72. The van der Waals surface area contributed by atoms with Crippen molar-refractivity contribution in [3.8, 4) is 11.5 Å². The normalized spacial score (nSPS) is 10.9. The third kappa shape index (κ3) is 6.13. The Labute approximate surface area is 173 Å². The highest BCUT2D eigenvalue weighted by Crippen LogP contribution is 2.28. The van der Waals surface area contributed by atoms with Crippen LogP contribution >= 0.6 is 15.9 Å². The Kier molecular flexibility index (Phi) is 8.55. The van der Waals surface area contributed by atoms with Crippen LogP contribution in [0.4, 0.5) is 0 Å². The van der Waals surface area contributed by atoms with E-state index in [1.165, 1.54) is 7.11 Å². The predicted molar refractivity (Wildman–Crippen MR) is 113 cm³/mol. The molecule has 0 saturated carbocycles. The van der Waals surface area contributed by atoms with Gasteiger partial charge < -0.3 is 19.6 Å². The molecule has 0 atom stereocenters. The molecule has 0 radical (unpaired) electrons. The Balaban J connectivity index is 1.99. The molecule has 7 heteroatoms.